The summed E-state index contributed by atoms with van der Waals surface area (Å²) < 4.78 is 1.55. The predicted molar refractivity (Wildman–Crippen MR) is 115 cm³/mol. The van der Waals surface area contributed by atoms with Gasteiger partial charge >= 0.3 is 5.69 Å². The molecule has 0 aliphatic rings. The van der Waals surface area contributed by atoms with Crippen molar-refractivity contribution in [3.05, 3.63) is 92.8 Å². The van der Waals surface area contributed by atoms with Crippen molar-refractivity contribution < 1.29 is 0 Å². The number of hydrogen-bond donors (Lipinski definition) is 3. The average molecular weight is 383 g/mol. The third-order valence-corrected chi connectivity index (χ3v) is 4.97. The predicted octanol–water partition coefficient (Wildman–Crippen LogP) is 3.55. The van der Waals surface area contributed by atoms with Gasteiger partial charge < -0.3 is 9.97 Å². The van der Waals surface area contributed by atoms with Crippen molar-refractivity contribution in [1.29, 1.82) is 0 Å². The zero-order chi connectivity index (χ0) is 20.0. The smallest absolute Gasteiger partial charge is 0.306 e. The molecule has 3 N–H and O–H groups in total. The minimum absolute atomic E-state index is 0.168. The highest BCUT2D eigenvalue weighted by Gasteiger charge is 2.12. The van der Waals surface area contributed by atoms with Crippen LogP contribution in [0.4, 0.5) is 5.69 Å². The standard InChI is InChI=1S/C22H17N5O2/c1-13-17(12-23-15-9-10-18-19(11-15)25-22(29)24-18)21(28)27(26-13)20-8-4-6-14-5-2-3-7-16(14)20/h2-12,26H,1H3,(H2,24,25,29). The number of hydrogen-bond acceptors (Lipinski definition) is 3. The number of benzene rings is 3. The molecule has 0 radical (unpaired) electrons. The van der Waals surface area contributed by atoms with Gasteiger partial charge in [0.2, 0.25) is 0 Å². The number of H-pyrrole nitrogens is 3. The van der Waals surface area contributed by atoms with Gasteiger partial charge in [-0.25, -0.2) is 9.48 Å². The summed E-state index contributed by atoms with van der Waals surface area (Å²) in [5, 5.41) is 5.20. The van der Waals surface area contributed by atoms with Crippen LogP contribution >= 0.6 is 0 Å². The van der Waals surface area contributed by atoms with E-state index < -0.39 is 0 Å². The third-order valence-electron chi connectivity index (χ3n) is 4.97. The molecule has 0 unspecified atom stereocenters. The number of nitrogens with one attached hydrogen (secondary N) is 3. The summed E-state index contributed by atoms with van der Waals surface area (Å²) in [5.41, 5.74) is 3.60. The van der Waals surface area contributed by atoms with Crippen LogP contribution in [0.15, 0.2) is 75.2 Å². The first-order chi connectivity index (χ1) is 14.1. The van der Waals surface area contributed by atoms with Crippen LogP contribution in [0.1, 0.15) is 11.3 Å². The van der Waals surface area contributed by atoms with Crippen molar-refractivity contribution in [2.45, 2.75) is 6.92 Å². The maximum Gasteiger partial charge on any atom is 0.323 e. The van der Waals surface area contributed by atoms with E-state index in [0.29, 0.717) is 22.3 Å². The van der Waals surface area contributed by atoms with Crippen molar-refractivity contribution >= 4 is 33.7 Å². The minimum Gasteiger partial charge on any atom is -0.306 e. The Morgan fingerprint density at radius 2 is 1.72 bits per heavy atom. The first kappa shape index (κ1) is 17.0. The molecule has 0 aliphatic carbocycles. The Morgan fingerprint density at radius 3 is 2.62 bits per heavy atom. The lowest BCUT2D eigenvalue weighted by atomic mass is 10.1. The molecule has 0 amide bonds. The van der Waals surface area contributed by atoms with Crippen LogP contribution in [0.3, 0.4) is 0 Å². The van der Waals surface area contributed by atoms with Gasteiger partial charge in [-0.1, -0.05) is 36.4 Å². The Labute approximate surface area is 164 Å². The highest BCUT2D eigenvalue weighted by atomic mass is 16.1. The molecule has 0 bridgehead atoms. The SMILES string of the molecule is Cc1[nH]n(-c2cccc3ccccc23)c(=O)c1C=Nc1ccc2[nH]c(=O)[nH]c2c1. The number of fused-ring (bicyclic) bond motifs is 2. The van der Waals surface area contributed by atoms with Gasteiger partial charge in [0.05, 0.1) is 28.0 Å². The van der Waals surface area contributed by atoms with Crippen LogP contribution in [0.25, 0.3) is 27.5 Å². The topological polar surface area (TPSA) is 98.8 Å². The zero-order valence-corrected chi connectivity index (χ0v) is 15.6. The number of rotatable bonds is 3. The summed E-state index contributed by atoms with van der Waals surface area (Å²) in [7, 11) is 0. The maximum absolute atomic E-state index is 13.1. The highest BCUT2D eigenvalue weighted by Crippen LogP contribution is 2.21. The molecule has 3 aromatic carbocycles. The molecular formula is C22H17N5O2. The number of nitrogens with zero attached hydrogens (tertiary/aromatic N) is 2. The lowest BCUT2D eigenvalue weighted by Gasteiger charge is -2.06. The van der Waals surface area contributed by atoms with E-state index in [1.807, 2.05) is 49.4 Å². The van der Waals surface area contributed by atoms with E-state index >= 15 is 0 Å². The molecule has 29 heavy (non-hydrogen) atoms. The number of aromatic nitrogens is 4. The van der Waals surface area contributed by atoms with E-state index in [2.05, 4.69) is 20.1 Å². The molecule has 142 valence electrons. The van der Waals surface area contributed by atoms with E-state index in [-0.39, 0.29) is 11.2 Å². The van der Waals surface area contributed by atoms with Gasteiger partial charge in [0.15, 0.2) is 0 Å². The van der Waals surface area contributed by atoms with Crippen LogP contribution in [0.5, 0.6) is 0 Å². The second-order valence-corrected chi connectivity index (χ2v) is 6.86. The molecular weight excluding hydrogens is 366 g/mol. The molecule has 0 spiro atoms. The fraction of sp³-hybridized carbons (Fsp3) is 0.0455. The van der Waals surface area contributed by atoms with Gasteiger partial charge in [-0.2, -0.15) is 0 Å². The highest BCUT2D eigenvalue weighted by molar-refractivity contribution is 5.90. The second kappa shape index (κ2) is 6.49. The molecule has 5 aromatic rings. The quantitative estimate of drug-likeness (QED) is 0.415. The summed E-state index contributed by atoms with van der Waals surface area (Å²) in [5.74, 6) is 0. The molecule has 0 saturated heterocycles. The van der Waals surface area contributed by atoms with Gasteiger partial charge in [0.1, 0.15) is 0 Å². The maximum atomic E-state index is 13.1. The first-order valence-corrected chi connectivity index (χ1v) is 9.16. The van der Waals surface area contributed by atoms with Crippen LogP contribution in [0, 0.1) is 6.92 Å². The molecule has 0 atom stereocenters. The van der Waals surface area contributed by atoms with Crippen LogP contribution in [-0.4, -0.2) is 26.0 Å². The molecule has 0 fully saturated rings. The molecule has 7 nitrogen and oxygen atoms in total. The van der Waals surface area contributed by atoms with Crippen molar-refractivity contribution in [1.82, 2.24) is 19.7 Å². The van der Waals surface area contributed by atoms with Gasteiger partial charge in [-0.3, -0.25) is 14.9 Å². The van der Waals surface area contributed by atoms with Crippen molar-refractivity contribution in [3.8, 4) is 5.69 Å². The molecule has 2 aromatic heterocycles. The van der Waals surface area contributed by atoms with Gasteiger partial charge in [-0.05, 0) is 36.6 Å². The van der Waals surface area contributed by atoms with Crippen LogP contribution < -0.4 is 11.2 Å². The third kappa shape index (κ3) is 2.89. The number of aliphatic imine (C=N–C) groups is 1. The van der Waals surface area contributed by atoms with Gasteiger partial charge in [0, 0.05) is 17.3 Å². The zero-order valence-electron chi connectivity index (χ0n) is 15.6. The van der Waals surface area contributed by atoms with Gasteiger partial charge in [-0.15, -0.1) is 0 Å². The summed E-state index contributed by atoms with van der Waals surface area (Å²) in [6.07, 6.45) is 1.56. The Kier molecular flexibility index (Phi) is 3.80. The van der Waals surface area contributed by atoms with Crippen LogP contribution in [-0.2, 0) is 0 Å². The molecule has 0 saturated carbocycles. The minimum atomic E-state index is -0.263. The summed E-state index contributed by atoms with van der Waals surface area (Å²) in [6.45, 7) is 1.84. The summed E-state index contributed by atoms with van der Waals surface area (Å²) in [6, 6.07) is 19.1. The van der Waals surface area contributed by atoms with Crippen molar-refractivity contribution in [2.24, 2.45) is 4.99 Å². The Balaban J connectivity index is 1.58. The molecule has 2 heterocycles. The number of aryl methyl sites for hydroxylation is 1. The monoisotopic (exact) mass is 383 g/mol. The van der Waals surface area contributed by atoms with E-state index in [9.17, 15) is 9.59 Å². The lowest BCUT2D eigenvalue weighted by Crippen LogP contribution is -2.17. The van der Waals surface area contributed by atoms with E-state index in [4.69, 9.17) is 0 Å². The number of aromatic amines is 3. The fourth-order valence-electron chi connectivity index (χ4n) is 3.52. The Bertz CT molecular complexity index is 1510. The summed E-state index contributed by atoms with van der Waals surface area (Å²) in [4.78, 5) is 34.3. The molecule has 0 aliphatic heterocycles. The second-order valence-electron chi connectivity index (χ2n) is 6.86. The largest absolute Gasteiger partial charge is 0.323 e. The van der Waals surface area contributed by atoms with Gasteiger partial charge in [0.25, 0.3) is 5.56 Å². The van der Waals surface area contributed by atoms with Crippen molar-refractivity contribution in [2.75, 3.05) is 0 Å². The van der Waals surface area contributed by atoms with Crippen molar-refractivity contribution in [3.63, 3.8) is 0 Å². The van der Waals surface area contributed by atoms with E-state index in [1.54, 1.807) is 29.1 Å². The van der Waals surface area contributed by atoms with E-state index in [1.165, 1.54) is 0 Å². The van der Waals surface area contributed by atoms with Crippen LogP contribution in [0.2, 0.25) is 0 Å². The Morgan fingerprint density at radius 1 is 0.931 bits per heavy atom. The fourth-order valence-corrected chi connectivity index (χ4v) is 3.52. The number of imidazole rings is 1. The average Bonchev–Trinajstić information content (AvgIpc) is 3.23. The molecule has 5 rings (SSSR count). The summed E-state index contributed by atoms with van der Waals surface area (Å²) >= 11 is 0. The lowest BCUT2D eigenvalue weighted by molar-refractivity contribution is 0.841. The first-order valence-electron chi connectivity index (χ1n) is 9.16. The van der Waals surface area contributed by atoms with E-state index in [0.717, 1.165) is 22.2 Å². The Hall–Kier alpha value is -4.13. The molecule has 7 heteroatoms. The normalized spacial score (nSPS) is 11.8.